The van der Waals surface area contributed by atoms with Crippen molar-refractivity contribution in [3.63, 3.8) is 0 Å². The summed E-state index contributed by atoms with van der Waals surface area (Å²) in [5.41, 5.74) is 2.03. The number of benzene rings is 3. The maximum atomic E-state index is 14.6. The molecular weight excluding hydrogens is 485 g/mol. The van der Waals surface area contributed by atoms with Gasteiger partial charge in [0.1, 0.15) is 23.7 Å². The lowest BCUT2D eigenvalue weighted by Crippen LogP contribution is -2.50. The third-order valence-electron chi connectivity index (χ3n) is 7.10. The summed E-state index contributed by atoms with van der Waals surface area (Å²) < 4.78 is 20.3. The van der Waals surface area contributed by atoms with Gasteiger partial charge >= 0.3 is 6.03 Å². The summed E-state index contributed by atoms with van der Waals surface area (Å²) in [4.78, 5) is 41.4. The lowest BCUT2D eigenvalue weighted by atomic mass is 9.91. The molecular formula is C30H30FN3O4. The largest absolute Gasteiger partial charge is 0.493 e. The molecule has 2 fully saturated rings. The van der Waals surface area contributed by atoms with Crippen LogP contribution < -0.4 is 15.4 Å². The quantitative estimate of drug-likeness (QED) is 0.377. The third-order valence-corrected chi connectivity index (χ3v) is 7.10. The van der Waals surface area contributed by atoms with Gasteiger partial charge in [-0.3, -0.25) is 9.59 Å². The standard InChI is InChI=1S/C30H30FN3O4/c1-18-8-15-25(24(31)16-18)32-28(35)27(19(2)21-6-4-3-5-7-21)34-29(36)26(33-30(34)37)22-11-13-23(14-12-22)38-17-20-9-10-20/h3-8,11-16,19-20,26-27H,9-10,17H2,1-2H3,(H,32,35)(H,33,37)/t19?,26-,27?/m1/s1. The second-order valence-corrected chi connectivity index (χ2v) is 10.0. The number of carbonyl (C=O) groups excluding carboxylic acids is 3. The highest BCUT2D eigenvalue weighted by molar-refractivity contribution is 6.10. The Kier molecular flexibility index (Phi) is 7.13. The first-order chi connectivity index (χ1) is 18.3. The minimum atomic E-state index is -1.21. The van der Waals surface area contributed by atoms with Gasteiger partial charge in [-0.05, 0) is 66.6 Å². The predicted molar refractivity (Wildman–Crippen MR) is 141 cm³/mol. The molecule has 3 aromatic rings. The Balaban J connectivity index is 1.41. The van der Waals surface area contributed by atoms with Gasteiger partial charge in [0.05, 0.1) is 12.3 Å². The SMILES string of the molecule is Cc1ccc(NC(=O)C(C(C)c2ccccc2)N2C(=O)N[C@H](c3ccc(OCC4CC4)cc3)C2=O)c(F)c1. The second kappa shape index (κ2) is 10.7. The Hall–Kier alpha value is -4.20. The van der Waals surface area contributed by atoms with Gasteiger partial charge in [0, 0.05) is 5.92 Å². The van der Waals surface area contributed by atoms with E-state index < -0.39 is 41.7 Å². The van der Waals surface area contributed by atoms with Gasteiger partial charge in [-0.25, -0.2) is 14.1 Å². The molecule has 1 heterocycles. The van der Waals surface area contributed by atoms with Gasteiger partial charge in [0.25, 0.3) is 5.91 Å². The van der Waals surface area contributed by atoms with Crippen molar-refractivity contribution in [2.75, 3.05) is 11.9 Å². The van der Waals surface area contributed by atoms with Crippen LogP contribution in [0.4, 0.5) is 14.9 Å². The molecule has 196 valence electrons. The summed E-state index contributed by atoms with van der Waals surface area (Å²) in [7, 11) is 0. The number of anilines is 1. The summed E-state index contributed by atoms with van der Waals surface area (Å²) in [6.45, 7) is 4.18. The van der Waals surface area contributed by atoms with Crippen LogP contribution in [0.3, 0.4) is 0 Å². The lowest BCUT2D eigenvalue weighted by molar-refractivity contribution is -0.134. The molecule has 7 nitrogen and oxygen atoms in total. The Bertz CT molecular complexity index is 1340. The van der Waals surface area contributed by atoms with Crippen molar-refractivity contribution in [1.29, 1.82) is 0 Å². The molecule has 0 bridgehead atoms. The maximum Gasteiger partial charge on any atom is 0.325 e. The summed E-state index contributed by atoms with van der Waals surface area (Å²) in [5.74, 6) is -1.04. The van der Waals surface area contributed by atoms with E-state index >= 15 is 0 Å². The number of rotatable bonds is 9. The number of hydrogen-bond donors (Lipinski definition) is 2. The molecule has 3 atom stereocenters. The van der Waals surface area contributed by atoms with E-state index in [0.717, 1.165) is 10.5 Å². The summed E-state index contributed by atoms with van der Waals surface area (Å²) in [6, 6.07) is 17.8. The number of nitrogens with zero attached hydrogens (tertiary/aromatic N) is 1. The minimum absolute atomic E-state index is 0.0174. The third kappa shape index (κ3) is 5.39. The number of aryl methyl sites for hydroxylation is 1. The van der Waals surface area contributed by atoms with Crippen LogP contribution in [-0.2, 0) is 9.59 Å². The molecule has 0 spiro atoms. The first kappa shape index (κ1) is 25.4. The van der Waals surface area contributed by atoms with E-state index in [1.165, 1.54) is 25.0 Å². The van der Waals surface area contributed by atoms with Crippen molar-refractivity contribution in [2.45, 2.75) is 44.7 Å². The Labute approximate surface area is 221 Å². The summed E-state index contributed by atoms with van der Waals surface area (Å²) in [6.07, 6.45) is 2.37. The summed E-state index contributed by atoms with van der Waals surface area (Å²) in [5, 5.41) is 5.31. The van der Waals surface area contributed by atoms with Gasteiger partial charge in [0.2, 0.25) is 5.91 Å². The fraction of sp³-hybridized carbons (Fsp3) is 0.300. The normalized spacial score (nSPS) is 18.6. The van der Waals surface area contributed by atoms with Crippen LogP contribution in [0.1, 0.15) is 48.4 Å². The Morgan fingerprint density at radius 2 is 1.79 bits per heavy atom. The van der Waals surface area contributed by atoms with Crippen molar-refractivity contribution in [3.8, 4) is 5.75 Å². The number of nitrogens with one attached hydrogen (secondary N) is 2. The zero-order valence-corrected chi connectivity index (χ0v) is 21.3. The van der Waals surface area contributed by atoms with Gasteiger partial charge in [0.15, 0.2) is 0 Å². The first-order valence-corrected chi connectivity index (χ1v) is 12.8. The highest BCUT2D eigenvalue weighted by atomic mass is 19.1. The van der Waals surface area contributed by atoms with E-state index in [4.69, 9.17) is 4.74 Å². The van der Waals surface area contributed by atoms with Gasteiger partial charge in [-0.15, -0.1) is 0 Å². The first-order valence-electron chi connectivity index (χ1n) is 12.8. The van der Waals surface area contributed by atoms with Crippen LogP contribution in [0, 0.1) is 18.7 Å². The molecule has 38 heavy (non-hydrogen) atoms. The smallest absolute Gasteiger partial charge is 0.325 e. The van der Waals surface area contributed by atoms with E-state index in [1.807, 2.05) is 30.3 Å². The van der Waals surface area contributed by atoms with Crippen molar-refractivity contribution < 1.29 is 23.5 Å². The maximum absolute atomic E-state index is 14.6. The monoisotopic (exact) mass is 515 g/mol. The number of halogens is 1. The molecule has 5 rings (SSSR count). The molecule has 1 aliphatic heterocycles. The van der Waals surface area contributed by atoms with Gasteiger partial charge < -0.3 is 15.4 Å². The summed E-state index contributed by atoms with van der Waals surface area (Å²) >= 11 is 0. The topological polar surface area (TPSA) is 87.7 Å². The number of imide groups is 1. The molecule has 1 saturated carbocycles. The van der Waals surface area contributed by atoms with Crippen molar-refractivity contribution in [1.82, 2.24) is 10.2 Å². The molecule has 0 aromatic heterocycles. The fourth-order valence-electron chi connectivity index (χ4n) is 4.67. The average molecular weight is 516 g/mol. The number of hydrogen-bond acceptors (Lipinski definition) is 4. The molecule has 8 heteroatoms. The zero-order valence-electron chi connectivity index (χ0n) is 21.3. The van der Waals surface area contributed by atoms with E-state index in [-0.39, 0.29) is 5.69 Å². The Morgan fingerprint density at radius 3 is 2.45 bits per heavy atom. The van der Waals surface area contributed by atoms with E-state index in [9.17, 15) is 18.8 Å². The fourth-order valence-corrected chi connectivity index (χ4v) is 4.67. The van der Waals surface area contributed by atoms with Gasteiger partial charge in [-0.2, -0.15) is 0 Å². The van der Waals surface area contributed by atoms with Crippen LogP contribution in [0.15, 0.2) is 72.8 Å². The molecule has 0 radical (unpaired) electrons. The van der Waals surface area contributed by atoms with Crippen LogP contribution in [-0.4, -0.2) is 35.4 Å². The second-order valence-electron chi connectivity index (χ2n) is 10.0. The lowest BCUT2D eigenvalue weighted by Gasteiger charge is -2.30. The van der Waals surface area contributed by atoms with E-state index in [1.54, 1.807) is 44.2 Å². The van der Waals surface area contributed by atoms with Crippen molar-refractivity contribution in [3.05, 3.63) is 95.3 Å². The Morgan fingerprint density at radius 1 is 1.08 bits per heavy atom. The molecule has 3 aromatic carbocycles. The minimum Gasteiger partial charge on any atom is -0.493 e. The zero-order chi connectivity index (χ0) is 26.8. The number of urea groups is 1. The average Bonchev–Trinajstić information content (AvgIpc) is 3.70. The van der Waals surface area contributed by atoms with Crippen LogP contribution in [0.2, 0.25) is 0 Å². The molecule has 4 amide bonds. The molecule has 1 aliphatic carbocycles. The van der Waals surface area contributed by atoms with Crippen LogP contribution in [0.5, 0.6) is 5.75 Å². The number of carbonyl (C=O) groups is 3. The molecule has 2 aliphatic rings. The number of amides is 4. The molecule has 1 saturated heterocycles. The molecule has 2 unspecified atom stereocenters. The molecule has 2 N–H and O–H groups in total. The number of ether oxygens (including phenoxy) is 1. The highest BCUT2D eigenvalue weighted by Gasteiger charge is 2.47. The van der Waals surface area contributed by atoms with Crippen LogP contribution in [0.25, 0.3) is 0 Å². The van der Waals surface area contributed by atoms with Crippen molar-refractivity contribution in [2.24, 2.45) is 5.92 Å². The van der Waals surface area contributed by atoms with Gasteiger partial charge in [-0.1, -0.05) is 55.5 Å². The van der Waals surface area contributed by atoms with E-state index in [2.05, 4.69) is 10.6 Å². The van der Waals surface area contributed by atoms with Crippen LogP contribution >= 0.6 is 0 Å². The van der Waals surface area contributed by atoms with Crippen molar-refractivity contribution >= 4 is 23.5 Å². The predicted octanol–water partition coefficient (Wildman–Crippen LogP) is 5.33. The van der Waals surface area contributed by atoms with E-state index in [0.29, 0.717) is 29.4 Å². The highest BCUT2D eigenvalue weighted by Crippen LogP contribution is 2.33.